The van der Waals surface area contributed by atoms with Crippen LogP contribution in [0.25, 0.3) is 0 Å². The molecule has 7 heteroatoms. The fourth-order valence-electron chi connectivity index (χ4n) is 2.68. The number of aliphatic hydroxyl groups is 1. The van der Waals surface area contributed by atoms with Gasteiger partial charge in [0.05, 0.1) is 43.0 Å². The van der Waals surface area contributed by atoms with Crippen molar-refractivity contribution in [1.29, 1.82) is 0 Å². The first-order valence-electron chi connectivity index (χ1n) is 9.43. The van der Waals surface area contributed by atoms with Crippen molar-refractivity contribution in [3.63, 3.8) is 0 Å². The SMILES string of the molecule is COC1=CC=C(COCc2nn(C)c(C)c2BOC(C)(C)C(C)(C)O)CC1. The van der Waals surface area contributed by atoms with Crippen LogP contribution in [0.15, 0.2) is 23.5 Å². The Bertz CT molecular complexity index is 714. The van der Waals surface area contributed by atoms with E-state index in [0.717, 1.165) is 35.5 Å². The van der Waals surface area contributed by atoms with E-state index in [4.69, 9.17) is 14.1 Å². The molecular formula is C20H33BN2O4. The summed E-state index contributed by atoms with van der Waals surface area (Å²) in [5, 5.41) is 14.9. The van der Waals surface area contributed by atoms with Crippen LogP contribution >= 0.6 is 0 Å². The highest BCUT2D eigenvalue weighted by Gasteiger charge is 2.36. The number of nitrogens with zero attached hydrogens (tertiary/aromatic N) is 2. The van der Waals surface area contributed by atoms with Crippen LogP contribution in [0.2, 0.25) is 0 Å². The third-order valence-corrected chi connectivity index (χ3v) is 5.58. The minimum atomic E-state index is -0.943. The van der Waals surface area contributed by atoms with Crippen LogP contribution in [-0.4, -0.2) is 47.3 Å². The van der Waals surface area contributed by atoms with E-state index in [-0.39, 0.29) is 0 Å². The minimum absolute atomic E-state index is 0.387. The summed E-state index contributed by atoms with van der Waals surface area (Å²) in [5.74, 6) is 1.01. The second-order valence-electron chi connectivity index (χ2n) is 8.15. The number of allylic oxidation sites excluding steroid dienone is 3. The molecule has 0 saturated heterocycles. The predicted octanol–water partition coefficient (Wildman–Crippen LogP) is 2.04. The molecule has 0 atom stereocenters. The molecule has 0 unspecified atom stereocenters. The van der Waals surface area contributed by atoms with E-state index in [9.17, 15) is 5.11 Å². The zero-order valence-electron chi connectivity index (χ0n) is 17.8. The monoisotopic (exact) mass is 376 g/mol. The normalized spacial score (nSPS) is 15.4. The van der Waals surface area contributed by atoms with Gasteiger partial charge in [0.15, 0.2) is 0 Å². The number of rotatable bonds is 9. The van der Waals surface area contributed by atoms with Gasteiger partial charge >= 0.3 is 7.48 Å². The molecule has 0 aromatic carbocycles. The Morgan fingerprint density at radius 1 is 1.19 bits per heavy atom. The van der Waals surface area contributed by atoms with Gasteiger partial charge in [-0.25, -0.2) is 0 Å². The number of methoxy groups -OCH3 is 1. The van der Waals surface area contributed by atoms with Crippen molar-refractivity contribution in [2.75, 3.05) is 13.7 Å². The Morgan fingerprint density at radius 3 is 2.44 bits per heavy atom. The standard InChI is InChI=1S/C20H33BN2O4/c1-14-18(21-27-20(4,5)19(2,3)24)17(22-23(14)6)13-26-12-15-8-10-16(25-7)11-9-15/h8,10,21,24H,9,11-13H2,1-7H3. The summed E-state index contributed by atoms with van der Waals surface area (Å²) in [6.07, 6.45) is 5.95. The third-order valence-electron chi connectivity index (χ3n) is 5.58. The summed E-state index contributed by atoms with van der Waals surface area (Å²) in [7, 11) is 4.01. The number of hydrogen-bond donors (Lipinski definition) is 1. The highest BCUT2D eigenvalue weighted by molar-refractivity contribution is 6.48. The van der Waals surface area contributed by atoms with Crippen molar-refractivity contribution < 1.29 is 19.2 Å². The summed E-state index contributed by atoms with van der Waals surface area (Å²) in [6, 6.07) is 0. The van der Waals surface area contributed by atoms with Crippen LogP contribution < -0.4 is 5.46 Å². The lowest BCUT2D eigenvalue weighted by molar-refractivity contribution is -0.0893. The lowest BCUT2D eigenvalue weighted by Crippen LogP contribution is -2.49. The number of hydrogen-bond acceptors (Lipinski definition) is 5. The average molecular weight is 376 g/mol. The molecule has 27 heavy (non-hydrogen) atoms. The second-order valence-corrected chi connectivity index (χ2v) is 8.15. The van der Waals surface area contributed by atoms with Gasteiger partial charge in [-0.15, -0.1) is 0 Å². The summed E-state index contributed by atoms with van der Waals surface area (Å²) >= 11 is 0. The molecule has 0 spiro atoms. The molecule has 1 aromatic rings. The molecule has 0 fully saturated rings. The van der Waals surface area contributed by atoms with Crippen molar-refractivity contribution in [2.45, 2.75) is 65.3 Å². The van der Waals surface area contributed by atoms with Gasteiger partial charge in [-0.05, 0) is 58.2 Å². The molecule has 0 amide bonds. The van der Waals surface area contributed by atoms with Gasteiger partial charge < -0.3 is 19.2 Å². The molecule has 6 nitrogen and oxygen atoms in total. The van der Waals surface area contributed by atoms with Gasteiger partial charge in [-0.1, -0.05) is 6.08 Å². The summed E-state index contributed by atoms with van der Waals surface area (Å²) in [6.45, 7) is 10.3. The first-order chi connectivity index (χ1) is 12.5. The fraction of sp³-hybridized carbons (Fsp3) is 0.650. The molecular weight excluding hydrogens is 343 g/mol. The van der Waals surface area contributed by atoms with Crippen LogP contribution in [0.3, 0.4) is 0 Å². The number of aromatic nitrogens is 2. The topological polar surface area (TPSA) is 65.7 Å². The molecule has 2 rings (SSSR count). The molecule has 150 valence electrons. The van der Waals surface area contributed by atoms with E-state index in [1.54, 1.807) is 21.0 Å². The van der Waals surface area contributed by atoms with Crippen LogP contribution in [0.1, 0.15) is 51.9 Å². The smallest absolute Gasteiger partial charge is 0.313 e. The fourth-order valence-corrected chi connectivity index (χ4v) is 2.68. The quantitative estimate of drug-likeness (QED) is 0.669. The minimum Gasteiger partial charge on any atom is -0.501 e. The molecule has 1 aliphatic rings. The molecule has 1 aromatic heterocycles. The lowest BCUT2D eigenvalue weighted by atomic mass is 9.81. The Balaban J connectivity index is 1.99. The third kappa shape index (κ3) is 5.47. The van der Waals surface area contributed by atoms with Crippen LogP contribution in [0.4, 0.5) is 0 Å². The molecule has 0 radical (unpaired) electrons. The molecule has 1 N–H and O–H groups in total. The van der Waals surface area contributed by atoms with E-state index in [2.05, 4.69) is 11.2 Å². The van der Waals surface area contributed by atoms with E-state index >= 15 is 0 Å². The maximum absolute atomic E-state index is 10.3. The first kappa shape index (κ1) is 21.7. The summed E-state index contributed by atoms with van der Waals surface area (Å²) in [4.78, 5) is 0. The molecule has 0 bridgehead atoms. The van der Waals surface area contributed by atoms with Crippen molar-refractivity contribution in [2.24, 2.45) is 7.05 Å². The molecule has 0 aliphatic heterocycles. The van der Waals surface area contributed by atoms with Crippen molar-refractivity contribution >= 4 is 12.9 Å². The highest BCUT2D eigenvalue weighted by atomic mass is 16.5. The Morgan fingerprint density at radius 2 is 1.89 bits per heavy atom. The number of ether oxygens (including phenoxy) is 2. The van der Waals surface area contributed by atoms with Gasteiger partial charge in [-0.2, -0.15) is 5.10 Å². The summed E-state index contributed by atoms with van der Waals surface area (Å²) < 4.78 is 19.1. The summed E-state index contributed by atoms with van der Waals surface area (Å²) in [5.41, 5.74) is 2.59. The van der Waals surface area contributed by atoms with Crippen LogP contribution in [0.5, 0.6) is 0 Å². The molecule has 0 saturated carbocycles. The van der Waals surface area contributed by atoms with E-state index in [1.165, 1.54) is 5.57 Å². The molecule has 1 heterocycles. The maximum atomic E-state index is 10.3. The Hall–Kier alpha value is -1.57. The van der Waals surface area contributed by atoms with Crippen molar-refractivity contribution in [3.8, 4) is 0 Å². The Kier molecular flexibility index (Phi) is 6.95. The average Bonchev–Trinajstić information content (AvgIpc) is 2.86. The van der Waals surface area contributed by atoms with E-state index < -0.39 is 11.2 Å². The predicted molar refractivity (Wildman–Crippen MR) is 108 cm³/mol. The zero-order valence-corrected chi connectivity index (χ0v) is 17.8. The van der Waals surface area contributed by atoms with Gasteiger partial charge in [-0.3, -0.25) is 4.68 Å². The number of aryl methyl sites for hydroxylation is 1. The van der Waals surface area contributed by atoms with Crippen molar-refractivity contribution in [3.05, 3.63) is 34.9 Å². The largest absolute Gasteiger partial charge is 0.501 e. The van der Waals surface area contributed by atoms with Crippen LogP contribution in [-0.2, 0) is 27.8 Å². The lowest BCUT2D eigenvalue weighted by Gasteiger charge is -2.37. The van der Waals surface area contributed by atoms with E-state index in [0.29, 0.717) is 20.7 Å². The highest BCUT2D eigenvalue weighted by Crippen LogP contribution is 2.24. The Labute approximate surface area is 163 Å². The van der Waals surface area contributed by atoms with E-state index in [1.807, 2.05) is 38.6 Å². The zero-order chi connectivity index (χ0) is 20.2. The van der Waals surface area contributed by atoms with Gasteiger partial charge in [0.1, 0.15) is 0 Å². The van der Waals surface area contributed by atoms with Crippen molar-refractivity contribution in [1.82, 2.24) is 9.78 Å². The first-order valence-corrected chi connectivity index (χ1v) is 9.43. The van der Waals surface area contributed by atoms with Gasteiger partial charge in [0.2, 0.25) is 0 Å². The van der Waals surface area contributed by atoms with Gasteiger partial charge in [0, 0.05) is 19.2 Å². The maximum Gasteiger partial charge on any atom is 0.313 e. The second kappa shape index (κ2) is 8.63. The van der Waals surface area contributed by atoms with Gasteiger partial charge in [0.25, 0.3) is 0 Å². The van der Waals surface area contributed by atoms with Crippen LogP contribution in [0, 0.1) is 6.92 Å². The molecule has 1 aliphatic carbocycles.